The zero-order valence-corrected chi connectivity index (χ0v) is 18.8. The lowest BCUT2D eigenvalue weighted by atomic mass is 9.94. The molecule has 2 aromatic carbocycles. The molecule has 0 bridgehead atoms. The van der Waals surface area contributed by atoms with Crippen molar-refractivity contribution in [1.29, 1.82) is 0 Å². The Morgan fingerprint density at radius 1 is 0.969 bits per heavy atom. The molecule has 0 spiro atoms. The van der Waals surface area contributed by atoms with Crippen LogP contribution >= 0.6 is 0 Å². The highest BCUT2D eigenvalue weighted by Crippen LogP contribution is 2.28. The molecule has 0 aliphatic carbocycles. The Bertz CT molecular complexity index is 976. The number of likely N-dealkylation sites (tertiary alicyclic amines) is 1. The molecule has 1 atom stereocenters. The molecule has 168 valence electrons. The number of hydrogen-bond acceptors (Lipinski definition) is 3. The highest BCUT2D eigenvalue weighted by molar-refractivity contribution is 6.00. The number of piperidine rings is 1. The van der Waals surface area contributed by atoms with Gasteiger partial charge in [0.15, 0.2) is 0 Å². The van der Waals surface area contributed by atoms with E-state index < -0.39 is 0 Å². The van der Waals surface area contributed by atoms with Gasteiger partial charge < -0.3 is 15.1 Å². The van der Waals surface area contributed by atoms with Crippen LogP contribution in [-0.4, -0.2) is 42.3 Å². The van der Waals surface area contributed by atoms with Crippen LogP contribution in [0.5, 0.6) is 0 Å². The average molecular weight is 434 g/mol. The Hall–Kier alpha value is -3.15. The first kappa shape index (κ1) is 22.1. The average Bonchev–Trinajstić information content (AvgIpc) is 3.21. The van der Waals surface area contributed by atoms with Crippen LogP contribution < -0.4 is 10.2 Å². The van der Waals surface area contributed by atoms with E-state index in [0.29, 0.717) is 32.5 Å². The molecule has 1 N–H and O–H groups in total. The summed E-state index contributed by atoms with van der Waals surface area (Å²) in [6.45, 7) is 5.65. The molecule has 32 heavy (non-hydrogen) atoms. The summed E-state index contributed by atoms with van der Waals surface area (Å²) in [6.07, 6.45) is 2.51. The Morgan fingerprint density at radius 2 is 1.62 bits per heavy atom. The summed E-state index contributed by atoms with van der Waals surface area (Å²) >= 11 is 0. The van der Waals surface area contributed by atoms with E-state index in [1.807, 2.05) is 60.4 Å². The first-order valence-electron chi connectivity index (χ1n) is 11.5. The van der Waals surface area contributed by atoms with Crippen LogP contribution in [0.4, 0.5) is 11.4 Å². The molecule has 6 nitrogen and oxygen atoms in total. The van der Waals surface area contributed by atoms with E-state index in [-0.39, 0.29) is 36.0 Å². The maximum Gasteiger partial charge on any atom is 0.228 e. The van der Waals surface area contributed by atoms with Crippen LogP contribution in [0.15, 0.2) is 48.5 Å². The van der Waals surface area contributed by atoms with Gasteiger partial charge in [-0.05, 0) is 56.0 Å². The first-order valence-corrected chi connectivity index (χ1v) is 11.5. The number of benzene rings is 2. The quantitative estimate of drug-likeness (QED) is 0.780. The van der Waals surface area contributed by atoms with E-state index in [4.69, 9.17) is 0 Å². The number of carbonyl (C=O) groups excluding carboxylic acids is 3. The first-order chi connectivity index (χ1) is 15.4. The summed E-state index contributed by atoms with van der Waals surface area (Å²) in [5.74, 6) is -0.370. The van der Waals surface area contributed by atoms with Gasteiger partial charge in [-0.15, -0.1) is 0 Å². The largest absolute Gasteiger partial charge is 0.342 e. The van der Waals surface area contributed by atoms with Crippen LogP contribution in [0.25, 0.3) is 0 Å². The molecule has 2 fully saturated rings. The molecule has 1 unspecified atom stereocenters. The molecule has 0 saturated carbocycles. The molecule has 2 heterocycles. The van der Waals surface area contributed by atoms with Crippen molar-refractivity contribution in [3.8, 4) is 0 Å². The van der Waals surface area contributed by atoms with Crippen molar-refractivity contribution in [3.63, 3.8) is 0 Å². The van der Waals surface area contributed by atoms with Crippen LogP contribution in [-0.2, 0) is 20.8 Å². The summed E-state index contributed by atoms with van der Waals surface area (Å²) in [5, 5.41) is 3.00. The minimum absolute atomic E-state index is 0.00411. The zero-order valence-electron chi connectivity index (χ0n) is 18.8. The number of nitrogens with zero attached hydrogens (tertiary/aromatic N) is 2. The van der Waals surface area contributed by atoms with Gasteiger partial charge in [-0.2, -0.15) is 0 Å². The van der Waals surface area contributed by atoms with E-state index >= 15 is 0 Å². The van der Waals surface area contributed by atoms with Crippen molar-refractivity contribution in [3.05, 3.63) is 59.7 Å². The highest BCUT2D eigenvalue weighted by Gasteiger charge is 2.38. The number of aryl methyl sites for hydroxylation is 2. The fourth-order valence-electron chi connectivity index (χ4n) is 4.54. The van der Waals surface area contributed by atoms with Gasteiger partial charge in [0.2, 0.25) is 17.7 Å². The van der Waals surface area contributed by atoms with Gasteiger partial charge in [0.05, 0.1) is 5.92 Å². The van der Waals surface area contributed by atoms with Crippen LogP contribution in [0.1, 0.15) is 37.3 Å². The third kappa shape index (κ3) is 4.85. The maximum absolute atomic E-state index is 13.1. The van der Waals surface area contributed by atoms with Crippen molar-refractivity contribution >= 4 is 29.1 Å². The minimum Gasteiger partial charge on any atom is -0.342 e. The number of nitrogens with one attached hydrogen (secondary N) is 1. The third-order valence-electron chi connectivity index (χ3n) is 6.63. The molecule has 0 aromatic heterocycles. The molecule has 4 rings (SSSR count). The topological polar surface area (TPSA) is 69.7 Å². The second-order valence-electron chi connectivity index (χ2n) is 8.88. The third-order valence-corrected chi connectivity index (χ3v) is 6.63. The Labute approximate surface area is 189 Å². The Morgan fingerprint density at radius 3 is 2.25 bits per heavy atom. The molecule has 3 amide bonds. The summed E-state index contributed by atoms with van der Waals surface area (Å²) in [6, 6.07) is 15.7. The van der Waals surface area contributed by atoms with Gasteiger partial charge in [-0.3, -0.25) is 14.4 Å². The van der Waals surface area contributed by atoms with E-state index in [0.717, 1.165) is 23.4 Å². The smallest absolute Gasteiger partial charge is 0.228 e. The van der Waals surface area contributed by atoms with Crippen molar-refractivity contribution in [2.75, 3.05) is 29.9 Å². The fourth-order valence-corrected chi connectivity index (χ4v) is 4.54. The van der Waals surface area contributed by atoms with Crippen LogP contribution in [0.3, 0.4) is 0 Å². The van der Waals surface area contributed by atoms with E-state index in [2.05, 4.69) is 12.2 Å². The molecular weight excluding hydrogens is 402 g/mol. The van der Waals surface area contributed by atoms with E-state index in [9.17, 15) is 14.4 Å². The molecule has 0 radical (unpaired) electrons. The van der Waals surface area contributed by atoms with E-state index in [1.165, 1.54) is 5.56 Å². The molecule has 2 aromatic rings. The SMILES string of the molecule is CCc1ccc(NC(=O)C2CCN(C(=O)C3CC(=O)N(c4ccc(C)cc4)C3)CC2)cc1. The zero-order chi connectivity index (χ0) is 22.7. The molecule has 6 heteroatoms. The van der Waals surface area contributed by atoms with Gasteiger partial charge in [-0.1, -0.05) is 36.8 Å². The van der Waals surface area contributed by atoms with Crippen molar-refractivity contribution < 1.29 is 14.4 Å². The van der Waals surface area contributed by atoms with Crippen molar-refractivity contribution in [1.82, 2.24) is 4.90 Å². The van der Waals surface area contributed by atoms with Gasteiger partial charge in [-0.25, -0.2) is 0 Å². The Kier molecular flexibility index (Phi) is 6.58. The van der Waals surface area contributed by atoms with Gasteiger partial charge in [0.1, 0.15) is 0 Å². The summed E-state index contributed by atoms with van der Waals surface area (Å²) < 4.78 is 0. The fraction of sp³-hybridized carbons (Fsp3) is 0.423. The number of rotatable bonds is 5. The molecule has 2 aliphatic heterocycles. The molecule has 2 aliphatic rings. The number of amides is 3. The predicted octanol–water partition coefficient (Wildman–Crippen LogP) is 3.79. The van der Waals surface area contributed by atoms with E-state index in [1.54, 1.807) is 4.90 Å². The second kappa shape index (κ2) is 9.55. The second-order valence-corrected chi connectivity index (χ2v) is 8.88. The number of carbonyl (C=O) groups is 3. The molecular formula is C26H31N3O3. The summed E-state index contributed by atoms with van der Waals surface area (Å²) in [4.78, 5) is 41.8. The standard InChI is InChI=1S/C26H31N3O3/c1-3-19-6-8-22(9-7-19)27-25(31)20-12-14-28(15-13-20)26(32)21-16-24(30)29(17-21)23-10-4-18(2)5-11-23/h4-11,20-21H,3,12-17H2,1-2H3,(H,27,31). The molecule has 2 saturated heterocycles. The van der Waals surface area contributed by atoms with Gasteiger partial charge in [0, 0.05) is 43.3 Å². The number of anilines is 2. The monoisotopic (exact) mass is 433 g/mol. The summed E-state index contributed by atoms with van der Waals surface area (Å²) in [7, 11) is 0. The van der Waals surface area contributed by atoms with Gasteiger partial charge >= 0.3 is 0 Å². The highest BCUT2D eigenvalue weighted by atomic mass is 16.2. The Balaban J connectivity index is 1.29. The minimum atomic E-state index is -0.314. The lowest BCUT2D eigenvalue weighted by molar-refractivity contribution is -0.138. The van der Waals surface area contributed by atoms with Crippen LogP contribution in [0.2, 0.25) is 0 Å². The van der Waals surface area contributed by atoms with Crippen molar-refractivity contribution in [2.45, 2.75) is 39.5 Å². The predicted molar refractivity (Wildman–Crippen MR) is 125 cm³/mol. The lowest BCUT2D eigenvalue weighted by Gasteiger charge is -2.33. The van der Waals surface area contributed by atoms with Crippen molar-refractivity contribution in [2.24, 2.45) is 11.8 Å². The normalized spacial score (nSPS) is 19.3. The van der Waals surface area contributed by atoms with Crippen LogP contribution in [0, 0.1) is 18.8 Å². The maximum atomic E-state index is 13.1. The summed E-state index contributed by atoms with van der Waals surface area (Å²) in [5.41, 5.74) is 4.03. The number of hydrogen-bond donors (Lipinski definition) is 1. The lowest BCUT2D eigenvalue weighted by Crippen LogP contribution is -2.44. The van der Waals surface area contributed by atoms with Gasteiger partial charge in [0.25, 0.3) is 0 Å².